The van der Waals surface area contributed by atoms with Crippen molar-refractivity contribution in [2.24, 2.45) is 0 Å². The molecule has 1 heterocycles. The van der Waals surface area contributed by atoms with Gasteiger partial charge in [-0.2, -0.15) is 0 Å². The Bertz CT molecular complexity index is 358. The Balaban J connectivity index is 2.05. The molecular weight excluding hydrogens is 256 g/mol. The molecule has 1 aliphatic heterocycles. The van der Waals surface area contributed by atoms with Crippen LogP contribution in [0.15, 0.2) is 24.3 Å². The zero-order valence-corrected chi connectivity index (χ0v) is 12.6. The SMILES string of the molecule is CCCCC[C@H](c1ccc(Cl)cc1)N1CCNCC1. The summed E-state index contributed by atoms with van der Waals surface area (Å²) in [5, 5.41) is 4.26. The molecule has 1 fully saturated rings. The maximum absolute atomic E-state index is 6.01. The lowest BCUT2D eigenvalue weighted by molar-refractivity contribution is 0.163. The summed E-state index contributed by atoms with van der Waals surface area (Å²) in [6.45, 7) is 6.79. The number of rotatable bonds is 6. The first-order valence-corrected chi connectivity index (χ1v) is 7.89. The van der Waals surface area contributed by atoms with Gasteiger partial charge in [-0.05, 0) is 24.1 Å². The van der Waals surface area contributed by atoms with Crippen molar-refractivity contribution in [2.75, 3.05) is 26.2 Å². The van der Waals surface area contributed by atoms with E-state index in [0.29, 0.717) is 6.04 Å². The number of nitrogens with one attached hydrogen (secondary N) is 1. The van der Waals surface area contributed by atoms with Crippen LogP contribution < -0.4 is 5.32 Å². The highest BCUT2D eigenvalue weighted by molar-refractivity contribution is 6.30. The van der Waals surface area contributed by atoms with Gasteiger partial charge in [0.2, 0.25) is 0 Å². The smallest absolute Gasteiger partial charge is 0.0406 e. The number of hydrogen-bond donors (Lipinski definition) is 1. The van der Waals surface area contributed by atoms with Crippen LogP contribution in [0.2, 0.25) is 5.02 Å². The van der Waals surface area contributed by atoms with Gasteiger partial charge in [-0.3, -0.25) is 4.90 Å². The number of benzene rings is 1. The van der Waals surface area contributed by atoms with Gasteiger partial charge in [0.25, 0.3) is 0 Å². The van der Waals surface area contributed by atoms with Crippen LogP contribution in [0.1, 0.15) is 44.2 Å². The van der Waals surface area contributed by atoms with E-state index in [0.717, 1.165) is 31.2 Å². The van der Waals surface area contributed by atoms with Gasteiger partial charge in [0.1, 0.15) is 0 Å². The molecule has 0 saturated carbocycles. The Labute approximate surface area is 122 Å². The second-order valence-corrected chi connectivity index (χ2v) is 5.79. The van der Waals surface area contributed by atoms with Crippen LogP contribution in [0.3, 0.4) is 0 Å². The van der Waals surface area contributed by atoms with Gasteiger partial charge in [-0.25, -0.2) is 0 Å². The van der Waals surface area contributed by atoms with Crippen molar-refractivity contribution in [1.82, 2.24) is 10.2 Å². The average Bonchev–Trinajstić information content (AvgIpc) is 2.46. The Morgan fingerprint density at radius 1 is 1.16 bits per heavy atom. The molecule has 0 unspecified atom stereocenters. The van der Waals surface area contributed by atoms with Crippen molar-refractivity contribution in [3.8, 4) is 0 Å². The number of unbranched alkanes of at least 4 members (excludes halogenated alkanes) is 2. The molecule has 0 bridgehead atoms. The third-order valence-electron chi connectivity index (χ3n) is 3.93. The van der Waals surface area contributed by atoms with Crippen molar-refractivity contribution in [3.63, 3.8) is 0 Å². The van der Waals surface area contributed by atoms with Crippen molar-refractivity contribution < 1.29 is 0 Å². The molecule has 0 amide bonds. The Morgan fingerprint density at radius 3 is 2.47 bits per heavy atom. The fourth-order valence-corrected chi connectivity index (χ4v) is 2.95. The van der Waals surface area contributed by atoms with E-state index in [2.05, 4.69) is 29.3 Å². The predicted octanol–water partition coefficient (Wildman–Crippen LogP) is 3.87. The first-order chi connectivity index (χ1) is 9.31. The van der Waals surface area contributed by atoms with Gasteiger partial charge in [0.05, 0.1) is 0 Å². The van der Waals surface area contributed by atoms with E-state index in [9.17, 15) is 0 Å². The summed E-state index contributed by atoms with van der Waals surface area (Å²) in [6, 6.07) is 8.99. The summed E-state index contributed by atoms with van der Waals surface area (Å²) in [5.41, 5.74) is 1.42. The maximum atomic E-state index is 6.01. The molecule has 3 heteroatoms. The standard InChI is InChI=1S/C16H25ClN2/c1-2-3-4-5-16(19-12-10-18-11-13-19)14-6-8-15(17)9-7-14/h6-9,16,18H,2-5,10-13H2,1H3/t16-/m1/s1. The molecule has 1 aromatic rings. The Hall–Kier alpha value is -0.570. The van der Waals surface area contributed by atoms with Crippen LogP contribution in [-0.2, 0) is 0 Å². The van der Waals surface area contributed by atoms with Gasteiger partial charge in [-0.1, -0.05) is 49.9 Å². The van der Waals surface area contributed by atoms with Crippen molar-refractivity contribution in [2.45, 2.75) is 38.6 Å². The predicted molar refractivity (Wildman–Crippen MR) is 82.8 cm³/mol. The summed E-state index contributed by atoms with van der Waals surface area (Å²) < 4.78 is 0. The molecule has 1 atom stereocenters. The summed E-state index contributed by atoms with van der Waals surface area (Å²) in [5.74, 6) is 0. The van der Waals surface area contributed by atoms with Crippen LogP contribution in [-0.4, -0.2) is 31.1 Å². The normalized spacial score (nSPS) is 18.4. The second-order valence-electron chi connectivity index (χ2n) is 5.35. The zero-order chi connectivity index (χ0) is 13.5. The minimum Gasteiger partial charge on any atom is -0.314 e. The molecule has 2 rings (SSSR count). The molecule has 1 aromatic carbocycles. The number of piperazine rings is 1. The van der Waals surface area contributed by atoms with Crippen molar-refractivity contribution in [3.05, 3.63) is 34.9 Å². The van der Waals surface area contributed by atoms with Crippen LogP contribution in [0.25, 0.3) is 0 Å². The van der Waals surface area contributed by atoms with Crippen molar-refractivity contribution in [1.29, 1.82) is 0 Å². The number of nitrogens with zero attached hydrogens (tertiary/aromatic N) is 1. The quantitative estimate of drug-likeness (QED) is 0.796. The van der Waals surface area contributed by atoms with E-state index >= 15 is 0 Å². The first kappa shape index (κ1) is 14.8. The van der Waals surface area contributed by atoms with Crippen LogP contribution in [0, 0.1) is 0 Å². The maximum Gasteiger partial charge on any atom is 0.0406 e. The highest BCUT2D eigenvalue weighted by atomic mass is 35.5. The van der Waals surface area contributed by atoms with Gasteiger partial charge >= 0.3 is 0 Å². The lowest BCUT2D eigenvalue weighted by Gasteiger charge is -2.35. The van der Waals surface area contributed by atoms with Gasteiger partial charge < -0.3 is 5.32 Å². The number of halogens is 1. The lowest BCUT2D eigenvalue weighted by Crippen LogP contribution is -2.45. The van der Waals surface area contributed by atoms with Crippen LogP contribution in [0.4, 0.5) is 0 Å². The third-order valence-corrected chi connectivity index (χ3v) is 4.18. The fraction of sp³-hybridized carbons (Fsp3) is 0.625. The zero-order valence-electron chi connectivity index (χ0n) is 11.9. The molecule has 19 heavy (non-hydrogen) atoms. The average molecular weight is 281 g/mol. The molecule has 2 nitrogen and oxygen atoms in total. The molecule has 0 spiro atoms. The molecule has 106 valence electrons. The molecule has 0 aromatic heterocycles. The number of hydrogen-bond acceptors (Lipinski definition) is 2. The van der Waals surface area contributed by atoms with E-state index in [1.165, 1.54) is 31.2 Å². The van der Waals surface area contributed by atoms with Gasteiger partial charge in [-0.15, -0.1) is 0 Å². The third kappa shape index (κ3) is 4.48. The van der Waals surface area contributed by atoms with E-state index in [1.807, 2.05) is 12.1 Å². The molecule has 0 radical (unpaired) electrons. The molecular formula is C16H25ClN2. The topological polar surface area (TPSA) is 15.3 Å². The molecule has 0 aliphatic carbocycles. The first-order valence-electron chi connectivity index (χ1n) is 7.51. The molecule has 1 N–H and O–H groups in total. The molecule has 1 saturated heterocycles. The lowest BCUT2D eigenvalue weighted by atomic mass is 9.98. The summed E-state index contributed by atoms with van der Waals surface area (Å²) in [4.78, 5) is 2.62. The Morgan fingerprint density at radius 2 is 1.84 bits per heavy atom. The minimum absolute atomic E-state index is 0.561. The van der Waals surface area contributed by atoms with Crippen LogP contribution >= 0.6 is 11.6 Å². The monoisotopic (exact) mass is 280 g/mol. The highest BCUT2D eigenvalue weighted by Gasteiger charge is 2.21. The van der Waals surface area contributed by atoms with Crippen LogP contribution in [0.5, 0.6) is 0 Å². The van der Waals surface area contributed by atoms with Crippen molar-refractivity contribution >= 4 is 11.6 Å². The Kier molecular flexibility index (Phi) is 6.15. The van der Waals surface area contributed by atoms with Gasteiger partial charge in [0.15, 0.2) is 0 Å². The fourth-order valence-electron chi connectivity index (χ4n) is 2.83. The van der Waals surface area contributed by atoms with Gasteiger partial charge in [0, 0.05) is 37.2 Å². The van der Waals surface area contributed by atoms with E-state index in [-0.39, 0.29) is 0 Å². The molecule has 1 aliphatic rings. The van der Waals surface area contributed by atoms with E-state index < -0.39 is 0 Å². The summed E-state index contributed by atoms with van der Waals surface area (Å²) in [7, 11) is 0. The van der Waals surface area contributed by atoms with E-state index in [1.54, 1.807) is 0 Å². The highest BCUT2D eigenvalue weighted by Crippen LogP contribution is 2.28. The second kappa shape index (κ2) is 7.88. The summed E-state index contributed by atoms with van der Waals surface area (Å²) >= 11 is 6.01. The largest absolute Gasteiger partial charge is 0.314 e. The summed E-state index contributed by atoms with van der Waals surface area (Å²) in [6.07, 6.45) is 5.19. The van der Waals surface area contributed by atoms with E-state index in [4.69, 9.17) is 11.6 Å². The minimum atomic E-state index is 0.561.